The van der Waals surface area contributed by atoms with Crippen LogP contribution in [0, 0.1) is 5.92 Å². The monoisotopic (exact) mass is 397 g/mol. The lowest BCUT2D eigenvalue weighted by atomic mass is 9.93. The minimum absolute atomic E-state index is 0.0341. The van der Waals surface area contributed by atoms with E-state index in [2.05, 4.69) is 5.32 Å². The lowest BCUT2D eigenvalue weighted by Gasteiger charge is -2.32. The molecule has 0 aromatic heterocycles. The van der Waals surface area contributed by atoms with Gasteiger partial charge < -0.3 is 15.8 Å². The number of ether oxygens (including phenoxy) is 1. The van der Waals surface area contributed by atoms with E-state index in [0.29, 0.717) is 38.2 Å². The summed E-state index contributed by atoms with van der Waals surface area (Å²) in [6.07, 6.45) is 2.61. The Morgan fingerprint density at radius 3 is 2.26 bits per heavy atom. The Bertz CT molecular complexity index is 722. The van der Waals surface area contributed by atoms with Crippen LogP contribution in [0.2, 0.25) is 0 Å². The molecule has 27 heavy (non-hydrogen) atoms. The molecule has 0 atom stereocenters. The van der Waals surface area contributed by atoms with Gasteiger partial charge in [0.05, 0.1) is 12.0 Å². The maximum absolute atomic E-state index is 12.8. The number of amides is 1. The van der Waals surface area contributed by atoms with Gasteiger partial charge in [-0.15, -0.1) is 0 Å². The van der Waals surface area contributed by atoms with Crippen LogP contribution in [0.4, 0.5) is 0 Å². The zero-order chi connectivity index (χ0) is 20.1. The van der Waals surface area contributed by atoms with Gasteiger partial charge in [-0.05, 0) is 49.9 Å². The second-order valence-electron chi connectivity index (χ2n) is 7.14. The highest BCUT2D eigenvalue weighted by Crippen LogP contribution is 2.25. The van der Waals surface area contributed by atoms with Gasteiger partial charge in [0.1, 0.15) is 5.75 Å². The van der Waals surface area contributed by atoms with Crippen molar-refractivity contribution < 1.29 is 17.9 Å². The highest BCUT2D eigenvalue weighted by Gasteiger charge is 2.32. The molecule has 1 amide bonds. The largest absolute Gasteiger partial charge is 0.497 e. The number of carbonyl (C=O) groups is 1. The van der Waals surface area contributed by atoms with Crippen molar-refractivity contribution in [3.63, 3.8) is 0 Å². The second-order valence-corrected chi connectivity index (χ2v) is 9.08. The van der Waals surface area contributed by atoms with Gasteiger partial charge in [-0.1, -0.05) is 13.8 Å². The summed E-state index contributed by atoms with van der Waals surface area (Å²) in [6.45, 7) is 5.14. The highest BCUT2D eigenvalue weighted by atomic mass is 32.2. The van der Waals surface area contributed by atoms with Gasteiger partial charge >= 0.3 is 0 Å². The van der Waals surface area contributed by atoms with Crippen molar-refractivity contribution in [1.29, 1.82) is 0 Å². The quantitative estimate of drug-likeness (QED) is 0.696. The van der Waals surface area contributed by atoms with Gasteiger partial charge in [0.25, 0.3) is 0 Å². The van der Waals surface area contributed by atoms with Crippen molar-refractivity contribution in [3.05, 3.63) is 24.3 Å². The third-order valence-corrected chi connectivity index (χ3v) is 7.46. The molecule has 1 saturated heterocycles. The van der Waals surface area contributed by atoms with Gasteiger partial charge in [0.15, 0.2) is 0 Å². The number of piperidine rings is 1. The molecular weight excluding hydrogens is 366 g/mol. The molecule has 1 aliphatic heterocycles. The molecule has 0 aliphatic carbocycles. The fourth-order valence-corrected chi connectivity index (χ4v) is 4.63. The minimum Gasteiger partial charge on any atom is -0.497 e. The number of carbonyl (C=O) groups excluding carboxylic acids is 1. The lowest BCUT2D eigenvalue weighted by Crippen LogP contribution is -2.51. The molecule has 0 saturated carbocycles. The van der Waals surface area contributed by atoms with Gasteiger partial charge in [0.2, 0.25) is 15.9 Å². The second kappa shape index (κ2) is 9.03. The lowest BCUT2D eigenvalue weighted by molar-refractivity contribution is -0.126. The molecule has 0 bridgehead atoms. The van der Waals surface area contributed by atoms with E-state index < -0.39 is 10.0 Å². The zero-order valence-corrected chi connectivity index (χ0v) is 17.2. The van der Waals surface area contributed by atoms with E-state index in [1.54, 1.807) is 24.3 Å². The van der Waals surface area contributed by atoms with Crippen LogP contribution in [-0.4, -0.2) is 50.9 Å². The van der Waals surface area contributed by atoms with E-state index in [9.17, 15) is 13.2 Å². The smallest absolute Gasteiger partial charge is 0.243 e. The molecule has 1 aromatic rings. The van der Waals surface area contributed by atoms with Crippen LogP contribution in [0.5, 0.6) is 5.75 Å². The number of nitrogens with one attached hydrogen (secondary N) is 1. The van der Waals surface area contributed by atoms with Gasteiger partial charge in [-0.3, -0.25) is 4.79 Å². The Labute approximate surface area is 162 Å². The predicted molar refractivity (Wildman–Crippen MR) is 105 cm³/mol. The highest BCUT2D eigenvalue weighted by molar-refractivity contribution is 7.89. The summed E-state index contributed by atoms with van der Waals surface area (Å²) in [4.78, 5) is 12.7. The molecule has 152 valence electrons. The van der Waals surface area contributed by atoms with Crippen molar-refractivity contribution in [3.8, 4) is 5.75 Å². The van der Waals surface area contributed by atoms with Crippen LogP contribution in [0.25, 0.3) is 0 Å². The first kappa shape index (κ1) is 21.7. The van der Waals surface area contributed by atoms with E-state index in [1.165, 1.54) is 11.4 Å². The number of hydrogen-bond acceptors (Lipinski definition) is 5. The van der Waals surface area contributed by atoms with Crippen LogP contribution in [0.3, 0.4) is 0 Å². The molecule has 0 radical (unpaired) electrons. The van der Waals surface area contributed by atoms with E-state index in [0.717, 1.165) is 12.8 Å². The Hall–Kier alpha value is -1.64. The van der Waals surface area contributed by atoms with Gasteiger partial charge in [0, 0.05) is 31.1 Å². The maximum atomic E-state index is 12.8. The van der Waals surface area contributed by atoms with E-state index in [4.69, 9.17) is 10.5 Å². The minimum atomic E-state index is -3.55. The molecule has 0 spiro atoms. The first-order chi connectivity index (χ1) is 12.8. The summed E-state index contributed by atoms with van der Waals surface area (Å²) in [5, 5.41) is 2.95. The molecule has 1 fully saturated rings. The Balaban J connectivity index is 1.92. The molecule has 2 rings (SSSR count). The molecular formula is C19H31N3O4S. The zero-order valence-electron chi connectivity index (χ0n) is 16.4. The first-order valence-corrected chi connectivity index (χ1v) is 10.9. The summed E-state index contributed by atoms with van der Waals surface area (Å²) in [5.74, 6) is 0.401. The number of sulfonamides is 1. The fourth-order valence-electron chi connectivity index (χ4n) is 3.16. The molecule has 8 heteroatoms. The average molecular weight is 398 g/mol. The van der Waals surface area contributed by atoms with Crippen molar-refractivity contribution in [1.82, 2.24) is 9.62 Å². The summed E-state index contributed by atoms with van der Waals surface area (Å²) in [6, 6.07) is 6.35. The average Bonchev–Trinajstić information content (AvgIpc) is 2.71. The van der Waals surface area contributed by atoms with Crippen LogP contribution < -0.4 is 15.8 Å². The number of rotatable bonds is 8. The molecule has 1 heterocycles. The van der Waals surface area contributed by atoms with Crippen LogP contribution in [0.15, 0.2) is 29.2 Å². The number of nitrogens with zero attached hydrogens (tertiary/aromatic N) is 1. The van der Waals surface area contributed by atoms with E-state index in [-0.39, 0.29) is 22.3 Å². The number of hydrogen-bond donors (Lipinski definition) is 2. The summed E-state index contributed by atoms with van der Waals surface area (Å²) in [5.41, 5.74) is 5.85. The van der Waals surface area contributed by atoms with Crippen LogP contribution >= 0.6 is 0 Å². The fraction of sp³-hybridized carbons (Fsp3) is 0.632. The predicted octanol–water partition coefficient (Wildman–Crippen LogP) is 1.73. The molecule has 7 nitrogen and oxygen atoms in total. The van der Waals surface area contributed by atoms with Crippen LogP contribution in [0.1, 0.15) is 39.5 Å². The first-order valence-electron chi connectivity index (χ1n) is 9.46. The third kappa shape index (κ3) is 5.21. The van der Waals surface area contributed by atoms with E-state index >= 15 is 0 Å². The van der Waals surface area contributed by atoms with Crippen molar-refractivity contribution in [2.45, 2.75) is 50.0 Å². The maximum Gasteiger partial charge on any atom is 0.243 e. The number of methoxy groups -OCH3 is 1. The molecule has 1 aliphatic rings. The van der Waals surface area contributed by atoms with Crippen molar-refractivity contribution >= 4 is 15.9 Å². The van der Waals surface area contributed by atoms with E-state index in [1.807, 2.05) is 13.8 Å². The third-order valence-electron chi connectivity index (χ3n) is 5.54. The Morgan fingerprint density at radius 1 is 1.22 bits per heavy atom. The Morgan fingerprint density at radius 2 is 1.78 bits per heavy atom. The van der Waals surface area contributed by atoms with Crippen molar-refractivity contribution in [2.75, 3.05) is 26.7 Å². The standard InChI is InChI=1S/C19H31N3O4S/c1-4-19(20,5-2)14-21-18(23)15-10-12-22(13-11-15)27(24,25)17-8-6-16(26-3)7-9-17/h6-9,15H,4-5,10-14,20H2,1-3H3,(H,21,23). The number of benzene rings is 1. The SMILES string of the molecule is CCC(N)(CC)CNC(=O)C1CCN(S(=O)(=O)c2ccc(OC)cc2)CC1. The van der Waals surface area contributed by atoms with Gasteiger partial charge in [-0.25, -0.2) is 8.42 Å². The molecule has 3 N–H and O–H groups in total. The number of nitrogens with two attached hydrogens (primary N) is 1. The normalized spacial score (nSPS) is 16.9. The van der Waals surface area contributed by atoms with Crippen LogP contribution in [-0.2, 0) is 14.8 Å². The van der Waals surface area contributed by atoms with Crippen molar-refractivity contribution in [2.24, 2.45) is 11.7 Å². The summed E-state index contributed by atoms with van der Waals surface area (Å²) < 4.78 is 32.0. The van der Waals surface area contributed by atoms with Gasteiger partial charge in [-0.2, -0.15) is 4.31 Å². The topological polar surface area (TPSA) is 102 Å². The Kier molecular flexibility index (Phi) is 7.25. The molecule has 1 aromatic carbocycles. The summed E-state index contributed by atoms with van der Waals surface area (Å²) >= 11 is 0. The summed E-state index contributed by atoms with van der Waals surface area (Å²) in [7, 11) is -2.02. The molecule has 0 unspecified atom stereocenters.